The normalized spacial score (nSPS) is 11.7. The van der Waals surface area contributed by atoms with Gasteiger partial charge >= 0.3 is 0 Å². The summed E-state index contributed by atoms with van der Waals surface area (Å²) >= 11 is 0. The fraction of sp³-hybridized carbons (Fsp3) is 0. The number of nitrogens with one attached hydrogen (secondary N) is 2. The van der Waals surface area contributed by atoms with E-state index < -0.39 is 4.92 Å². The first kappa shape index (κ1) is 19.3. The molecule has 0 fully saturated rings. The number of nitrogens with zero attached hydrogens (tertiary/aromatic N) is 3. The van der Waals surface area contributed by atoms with Crippen LogP contribution in [0.5, 0.6) is 5.88 Å². The van der Waals surface area contributed by atoms with Crippen molar-refractivity contribution in [2.24, 2.45) is 4.99 Å². The van der Waals surface area contributed by atoms with Gasteiger partial charge in [0.2, 0.25) is 0 Å². The second kappa shape index (κ2) is 7.84. The van der Waals surface area contributed by atoms with Gasteiger partial charge in [0.25, 0.3) is 5.69 Å². The molecule has 2 aromatic heterocycles. The fourth-order valence-electron chi connectivity index (χ4n) is 3.67. The van der Waals surface area contributed by atoms with E-state index in [1.807, 2.05) is 54.6 Å². The standard InChI is InChI=1S/C24H17N5O3/c30-24-22(19-12-18(29(31)32)9-10-20(19)28-24)23(15-5-2-1-3-6-15)27-17-8-4-7-16(11-17)21-13-25-14-26-21/h1-14,28,30H,(H,25,26). The Kier molecular flexibility index (Phi) is 4.72. The smallest absolute Gasteiger partial charge is 0.270 e. The van der Waals surface area contributed by atoms with E-state index in [0.717, 1.165) is 16.8 Å². The quantitative estimate of drug-likeness (QED) is 0.201. The van der Waals surface area contributed by atoms with Crippen LogP contribution in [0.15, 0.2) is 90.3 Å². The van der Waals surface area contributed by atoms with Crippen LogP contribution in [0.3, 0.4) is 0 Å². The molecule has 0 atom stereocenters. The van der Waals surface area contributed by atoms with E-state index in [4.69, 9.17) is 4.99 Å². The molecular formula is C24H17N5O3. The lowest BCUT2D eigenvalue weighted by molar-refractivity contribution is -0.384. The first-order valence-electron chi connectivity index (χ1n) is 9.82. The molecule has 32 heavy (non-hydrogen) atoms. The molecule has 0 aliphatic rings. The summed E-state index contributed by atoms with van der Waals surface area (Å²) in [6, 6.07) is 21.4. The molecule has 0 aliphatic heterocycles. The number of fused-ring (bicyclic) bond motifs is 1. The molecule has 3 N–H and O–H groups in total. The highest BCUT2D eigenvalue weighted by Gasteiger charge is 2.21. The summed E-state index contributed by atoms with van der Waals surface area (Å²) in [6.07, 6.45) is 3.34. The Morgan fingerprint density at radius 2 is 1.88 bits per heavy atom. The molecule has 3 aromatic carbocycles. The molecule has 0 amide bonds. The fourth-order valence-corrected chi connectivity index (χ4v) is 3.67. The van der Waals surface area contributed by atoms with E-state index in [1.54, 1.807) is 18.6 Å². The predicted octanol–water partition coefficient (Wildman–Crippen LogP) is 5.34. The van der Waals surface area contributed by atoms with Crippen LogP contribution in [0.1, 0.15) is 11.1 Å². The van der Waals surface area contributed by atoms with Crippen molar-refractivity contribution in [3.63, 3.8) is 0 Å². The lowest BCUT2D eigenvalue weighted by Gasteiger charge is -2.08. The van der Waals surface area contributed by atoms with Gasteiger partial charge in [-0.25, -0.2) is 9.98 Å². The Morgan fingerprint density at radius 3 is 2.62 bits per heavy atom. The lowest BCUT2D eigenvalue weighted by atomic mass is 10.0. The van der Waals surface area contributed by atoms with Crippen LogP contribution in [-0.2, 0) is 0 Å². The largest absolute Gasteiger partial charge is 0.494 e. The Balaban J connectivity index is 1.74. The van der Waals surface area contributed by atoms with E-state index in [2.05, 4.69) is 15.0 Å². The number of aromatic nitrogens is 3. The number of aliphatic imine (C=N–C) groups is 1. The molecule has 5 aromatic rings. The average molecular weight is 423 g/mol. The van der Waals surface area contributed by atoms with Crippen LogP contribution >= 0.6 is 0 Å². The minimum absolute atomic E-state index is 0.0635. The summed E-state index contributed by atoms with van der Waals surface area (Å²) in [5.41, 5.74) is 4.61. The van der Waals surface area contributed by atoms with Crippen LogP contribution in [0.2, 0.25) is 0 Å². The van der Waals surface area contributed by atoms with Crippen molar-refractivity contribution >= 4 is 28.0 Å². The Morgan fingerprint density at radius 1 is 1.03 bits per heavy atom. The van der Waals surface area contributed by atoms with Crippen molar-refractivity contribution in [2.75, 3.05) is 0 Å². The molecule has 5 rings (SSSR count). The average Bonchev–Trinajstić information content (AvgIpc) is 3.45. The van der Waals surface area contributed by atoms with Crippen molar-refractivity contribution in [2.45, 2.75) is 0 Å². The summed E-state index contributed by atoms with van der Waals surface area (Å²) in [4.78, 5) is 25.8. The van der Waals surface area contributed by atoms with Crippen molar-refractivity contribution in [1.29, 1.82) is 0 Å². The van der Waals surface area contributed by atoms with Gasteiger partial charge in [-0.1, -0.05) is 42.5 Å². The maximum atomic E-state index is 11.3. The van der Waals surface area contributed by atoms with Crippen molar-refractivity contribution < 1.29 is 10.0 Å². The number of hydrogen-bond acceptors (Lipinski definition) is 5. The molecular weight excluding hydrogens is 406 g/mol. The van der Waals surface area contributed by atoms with E-state index in [0.29, 0.717) is 27.9 Å². The molecule has 0 bridgehead atoms. The van der Waals surface area contributed by atoms with E-state index in [9.17, 15) is 15.2 Å². The number of imidazole rings is 1. The van der Waals surface area contributed by atoms with Gasteiger partial charge in [0.15, 0.2) is 5.88 Å². The third-order valence-corrected chi connectivity index (χ3v) is 5.15. The maximum absolute atomic E-state index is 11.3. The molecule has 0 unspecified atom stereocenters. The van der Waals surface area contributed by atoms with E-state index >= 15 is 0 Å². The number of aromatic hydroxyl groups is 1. The van der Waals surface area contributed by atoms with Gasteiger partial charge in [-0.2, -0.15) is 0 Å². The van der Waals surface area contributed by atoms with Crippen LogP contribution in [0, 0.1) is 10.1 Å². The molecule has 8 nitrogen and oxygen atoms in total. The van der Waals surface area contributed by atoms with Crippen molar-refractivity contribution in [3.8, 4) is 17.1 Å². The Labute approximate surface area is 182 Å². The summed E-state index contributed by atoms with van der Waals surface area (Å²) in [5, 5.41) is 22.6. The predicted molar refractivity (Wildman–Crippen MR) is 122 cm³/mol. The third-order valence-electron chi connectivity index (χ3n) is 5.15. The highest BCUT2D eigenvalue weighted by atomic mass is 16.6. The number of non-ortho nitro benzene ring substituents is 1. The molecule has 0 aliphatic carbocycles. The van der Waals surface area contributed by atoms with Gasteiger partial charge in [0.1, 0.15) is 0 Å². The van der Waals surface area contributed by atoms with Gasteiger partial charge in [-0.05, 0) is 18.2 Å². The topological polar surface area (TPSA) is 120 Å². The van der Waals surface area contributed by atoms with Crippen molar-refractivity contribution in [1.82, 2.24) is 15.0 Å². The van der Waals surface area contributed by atoms with Gasteiger partial charge in [0.05, 0.1) is 40.1 Å². The third kappa shape index (κ3) is 3.50. The van der Waals surface area contributed by atoms with Gasteiger partial charge in [-0.3, -0.25) is 10.1 Å². The number of H-pyrrole nitrogens is 2. The number of hydrogen-bond donors (Lipinski definition) is 3. The summed E-state index contributed by atoms with van der Waals surface area (Å²) in [7, 11) is 0. The molecule has 156 valence electrons. The number of rotatable bonds is 5. The minimum Gasteiger partial charge on any atom is -0.494 e. The second-order valence-corrected chi connectivity index (χ2v) is 7.18. The molecule has 2 heterocycles. The van der Waals surface area contributed by atoms with Gasteiger partial charge in [0, 0.05) is 34.2 Å². The summed E-state index contributed by atoms with van der Waals surface area (Å²) in [6.45, 7) is 0. The minimum atomic E-state index is -0.458. The highest BCUT2D eigenvalue weighted by molar-refractivity contribution is 6.22. The number of nitro benzene ring substituents is 1. The van der Waals surface area contributed by atoms with Crippen LogP contribution in [0.25, 0.3) is 22.2 Å². The summed E-state index contributed by atoms with van der Waals surface area (Å²) in [5.74, 6) is -0.104. The van der Waals surface area contributed by atoms with E-state index in [-0.39, 0.29) is 11.6 Å². The summed E-state index contributed by atoms with van der Waals surface area (Å²) < 4.78 is 0. The first-order chi connectivity index (χ1) is 15.6. The zero-order valence-corrected chi connectivity index (χ0v) is 16.7. The molecule has 0 saturated carbocycles. The van der Waals surface area contributed by atoms with Crippen LogP contribution < -0.4 is 0 Å². The monoisotopic (exact) mass is 423 g/mol. The molecule has 0 saturated heterocycles. The molecule has 8 heteroatoms. The Bertz CT molecular complexity index is 1450. The van der Waals surface area contributed by atoms with E-state index in [1.165, 1.54) is 12.1 Å². The first-order valence-corrected chi connectivity index (χ1v) is 9.82. The van der Waals surface area contributed by atoms with Gasteiger partial charge < -0.3 is 15.1 Å². The lowest BCUT2D eigenvalue weighted by Crippen LogP contribution is -2.03. The highest BCUT2D eigenvalue weighted by Crippen LogP contribution is 2.34. The maximum Gasteiger partial charge on any atom is 0.270 e. The number of nitro groups is 1. The zero-order chi connectivity index (χ0) is 22.1. The van der Waals surface area contributed by atoms with Crippen molar-refractivity contribution in [3.05, 3.63) is 107 Å². The van der Waals surface area contributed by atoms with Gasteiger partial charge in [-0.15, -0.1) is 0 Å². The number of benzene rings is 3. The second-order valence-electron chi connectivity index (χ2n) is 7.18. The molecule has 0 spiro atoms. The zero-order valence-electron chi connectivity index (χ0n) is 16.7. The SMILES string of the molecule is O=[N+]([O-])c1ccc2[nH]c(O)c(C(=Nc3cccc(-c4cnc[nH]4)c3)c3ccccc3)c2c1. The van der Waals surface area contributed by atoms with Crippen LogP contribution in [0.4, 0.5) is 11.4 Å². The number of aromatic amines is 2. The van der Waals surface area contributed by atoms with Crippen LogP contribution in [-0.4, -0.2) is 30.7 Å². The molecule has 0 radical (unpaired) electrons. The Hall–Kier alpha value is -4.72.